The molecule has 0 fully saturated rings. The van der Waals surface area contributed by atoms with E-state index in [-0.39, 0.29) is 0 Å². The molecule has 1 aromatic heterocycles. The molecule has 82 valence electrons. The second-order valence-electron chi connectivity index (χ2n) is 4.01. The van der Waals surface area contributed by atoms with E-state index in [2.05, 4.69) is 47.6 Å². The lowest BCUT2D eigenvalue weighted by atomic mass is 10.1. The normalized spacial score (nSPS) is 10.4. The predicted octanol–water partition coefficient (Wildman–Crippen LogP) is 3.61. The number of benzene rings is 1. The summed E-state index contributed by atoms with van der Waals surface area (Å²) in [7, 11) is 2.07. The van der Waals surface area contributed by atoms with E-state index in [0.717, 1.165) is 5.56 Å². The highest BCUT2D eigenvalue weighted by atomic mass is 15.1. The van der Waals surface area contributed by atoms with Gasteiger partial charge in [0.15, 0.2) is 0 Å². The van der Waals surface area contributed by atoms with Crippen molar-refractivity contribution in [2.75, 3.05) is 0 Å². The van der Waals surface area contributed by atoms with E-state index < -0.39 is 0 Å². The number of aryl methyl sites for hydroxylation is 2. The molecule has 4 heteroatoms. The van der Waals surface area contributed by atoms with E-state index in [1.165, 1.54) is 22.2 Å². The van der Waals surface area contributed by atoms with Crippen molar-refractivity contribution in [2.45, 2.75) is 20.4 Å². The first-order valence-electron chi connectivity index (χ1n) is 5.20. The number of rotatable bonds is 2. The second kappa shape index (κ2) is 3.91. The number of aromatic nitrogens is 1. The first-order chi connectivity index (χ1) is 7.65. The summed E-state index contributed by atoms with van der Waals surface area (Å²) in [6, 6.07) is 6.19. The number of hydrogen-bond donors (Lipinski definition) is 0. The average molecular weight is 214 g/mol. The van der Waals surface area contributed by atoms with E-state index in [0.29, 0.717) is 6.54 Å². The molecule has 4 nitrogen and oxygen atoms in total. The van der Waals surface area contributed by atoms with Gasteiger partial charge in [-0.05, 0) is 42.6 Å². The lowest BCUT2D eigenvalue weighted by molar-refractivity contribution is 0.910. The molecule has 0 amide bonds. The molecular weight excluding hydrogens is 200 g/mol. The zero-order chi connectivity index (χ0) is 11.7. The van der Waals surface area contributed by atoms with Crippen LogP contribution in [0.5, 0.6) is 0 Å². The first-order valence-corrected chi connectivity index (χ1v) is 5.20. The molecule has 0 radical (unpaired) electrons. The minimum absolute atomic E-state index is 0.416. The minimum Gasteiger partial charge on any atom is -0.348 e. The van der Waals surface area contributed by atoms with Crippen LogP contribution in [0.2, 0.25) is 0 Å². The van der Waals surface area contributed by atoms with Crippen molar-refractivity contribution >= 4 is 10.9 Å². The molecule has 2 rings (SSSR count). The molecule has 0 spiro atoms. The van der Waals surface area contributed by atoms with Crippen molar-refractivity contribution in [2.24, 2.45) is 12.2 Å². The highest BCUT2D eigenvalue weighted by Gasteiger charge is 2.07. The van der Waals surface area contributed by atoms with E-state index >= 15 is 0 Å². The largest absolute Gasteiger partial charge is 0.348 e. The highest BCUT2D eigenvalue weighted by molar-refractivity contribution is 5.85. The second-order valence-corrected chi connectivity index (χ2v) is 4.01. The maximum atomic E-state index is 8.30. The maximum absolute atomic E-state index is 8.30. The Balaban J connectivity index is 2.61. The molecular formula is C12H14N4. The van der Waals surface area contributed by atoms with Crippen LogP contribution in [-0.2, 0) is 13.6 Å². The molecule has 0 N–H and O–H groups in total. The molecule has 1 heterocycles. The van der Waals surface area contributed by atoms with Crippen molar-refractivity contribution < 1.29 is 0 Å². The third-order valence-corrected chi connectivity index (χ3v) is 3.19. The van der Waals surface area contributed by atoms with E-state index in [1.807, 2.05) is 6.07 Å². The summed E-state index contributed by atoms with van der Waals surface area (Å²) in [6.45, 7) is 4.65. The summed E-state index contributed by atoms with van der Waals surface area (Å²) in [6.07, 6.45) is 0. The Bertz CT molecular complexity index is 589. The number of nitrogens with zero attached hydrogens (tertiary/aromatic N) is 4. The Hall–Kier alpha value is -1.93. The summed E-state index contributed by atoms with van der Waals surface area (Å²) in [5.41, 5.74) is 13.1. The van der Waals surface area contributed by atoms with Crippen molar-refractivity contribution in [1.29, 1.82) is 0 Å². The minimum atomic E-state index is 0.416. The van der Waals surface area contributed by atoms with Gasteiger partial charge in [0, 0.05) is 28.6 Å². The van der Waals surface area contributed by atoms with E-state index in [9.17, 15) is 0 Å². The molecule has 1 aromatic carbocycles. The SMILES string of the molecule is Cc1c(C)n(C)c2ccc(CN=[N+]=[N-])cc12. The molecule has 0 aliphatic rings. The molecule has 0 atom stereocenters. The van der Waals surface area contributed by atoms with Gasteiger partial charge in [0.1, 0.15) is 0 Å². The Kier molecular flexibility index (Phi) is 2.59. The molecule has 0 saturated carbocycles. The van der Waals surface area contributed by atoms with Gasteiger partial charge >= 0.3 is 0 Å². The van der Waals surface area contributed by atoms with E-state index in [1.54, 1.807) is 0 Å². The zero-order valence-corrected chi connectivity index (χ0v) is 9.73. The maximum Gasteiger partial charge on any atom is 0.0511 e. The molecule has 0 aliphatic heterocycles. The number of hydrogen-bond acceptors (Lipinski definition) is 1. The summed E-state index contributed by atoms with van der Waals surface area (Å²) >= 11 is 0. The zero-order valence-electron chi connectivity index (χ0n) is 9.73. The van der Waals surface area contributed by atoms with Gasteiger partial charge in [0.25, 0.3) is 0 Å². The molecule has 0 unspecified atom stereocenters. The van der Waals surface area contributed by atoms with Crippen molar-refractivity contribution in [3.05, 3.63) is 45.5 Å². The van der Waals surface area contributed by atoms with Gasteiger partial charge < -0.3 is 4.57 Å². The average Bonchev–Trinajstić information content (AvgIpc) is 2.52. The smallest absolute Gasteiger partial charge is 0.0511 e. The molecule has 2 aromatic rings. The Morgan fingerprint density at radius 1 is 1.38 bits per heavy atom. The summed E-state index contributed by atoms with van der Waals surface area (Å²) in [5, 5.41) is 4.82. The van der Waals surface area contributed by atoms with Crippen LogP contribution in [0.15, 0.2) is 23.3 Å². The van der Waals surface area contributed by atoms with Gasteiger partial charge in [-0.1, -0.05) is 11.2 Å². The van der Waals surface area contributed by atoms with Crippen molar-refractivity contribution in [3.63, 3.8) is 0 Å². The third kappa shape index (κ3) is 1.53. The lowest BCUT2D eigenvalue weighted by Gasteiger charge is -1.99. The first kappa shape index (κ1) is 10.6. The summed E-state index contributed by atoms with van der Waals surface area (Å²) in [4.78, 5) is 2.78. The van der Waals surface area contributed by atoms with Gasteiger partial charge in [0.2, 0.25) is 0 Å². The quantitative estimate of drug-likeness (QED) is 0.416. The number of azide groups is 1. The molecule has 16 heavy (non-hydrogen) atoms. The third-order valence-electron chi connectivity index (χ3n) is 3.19. The van der Waals surface area contributed by atoms with Crippen molar-refractivity contribution in [3.8, 4) is 0 Å². The topological polar surface area (TPSA) is 53.7 Å². The fourth-order valence-electron chi connectivity index (χ4n) is 2.01. The molecule has 0 saturated heterocycles. The van der Waals surface area contributed by atoms with Crippen LogP contribution in [0.3, 0.4) is 0 Å². The summed E-state index contributed by atoms with van der Waals surface area (Å²) in [5.74, 6) is 0. The predicted molar refractivity (Wildman–Crippen MR) is 65.2 cm³/mol. The van der Waals surface area contributed by atoms with Gasteiger partial charge in [-0.3, -0.25) is 0 Å². The van der Waals surface area contributed by atoms with Crippen LogP contribution in [0.4, 0.5) is 0 Å². The summed E-state index contributed by atoms with van der Waals surface area (Å²) < 4.78 is 2.18. The van der Waals surface area contributed by atoms with Crippen LogP contribution >= 0.6 is 0 Å². The van der Waals surface area contributed by atoms with Crippen LogP contribution in [-0.4, -0.2) is 4.57 Å². The number of fused-ring (bicyclic) bond motifs is 1. The molecule has 0 aliphatic carbocycles. The van der Waals surface area contributed by atoms with Crippen LogP contribution in [0.25, 0.3) is 21.3 Å². The lowest BCUT2D eigenvalue weighted by Crippen LogP contribution is -1.90. The van der Waals surface area contributed by atoms with Gasteiger partial charge in [-0.15, -0.1) is 0 Å². The highest BCUT2D eigenvalue weighted by Crippen LogP contribution is 2.25. The fraction of sp³-hybridized carbons (Fsp3) is 0.333. The Morgan fingerprint density at radius 3 is 2.81 bits per heavy atom. The van der Waals surface area contributed by atoms with Gasteiger partial charge in [0.05, 0.1) is 6.54 Å². The van der Waals surface area contributed by atoms with Crippen molar-refractivity contribution in [1.82, 2.24) is 4.57 Å². The van der Waals surface area contributed by atoms with Gasteiger partial charge in [-0.25, -0.2) is 0 Å². The van der Waals surface area contributed by atoms with Crippen LogP contribution in [0.1, 0.15) is 16.8 Å². The molecule has 0 bridgehead atoms. The monoisotopic (exact) mass is 214 g/mol. The van der Waals surface area contributed by atoms with Crippen LogP contribution < -0.4 is 0 Å². The Labute approximate surface area is 94.1 Å². The fourth-order valence-corrected chi connectivity index (χ4v) is 2.01. The van der Waals surface area contributed by atoms with Crippen LogP contribution in [0, 0.1) is 13.8 Å². The standard InChI is InChI=1S/C12H14N4/c1-8-9(2)16(3)12-5-4-10(6-11(8)12)7-14-15-13/h4-6H,7H2,1-3H3. The van der Waals surface area contributed by atoms with Gasteiger partial charge in [-0.2, -0.15) is 0 Å². The van der Waals surface area contributed by atoms with E-state index in [4.69, 9.17) is 5.53 Å². The Morgan fingerprint density at radius 2 is 2.12 bits per heavy atom.